The van der Waals surface area contributed by atoms with Crippen molar-refractivity contribution < 1.29 is 9.59 Å². The number of amides is 1. The second kappa shape index (κ2) is 6.00. The molecule has 3 heteroatoms. The van der Waals surface area contributed by atoms with Crippen molar-refractivity contribution in [1.82, 2.24) is 5.32 Å². The second-order valence-corrected chi connectivity index (χ2v) is 5.31. The van der Waals surface area contributed by atoms with Crippen molar-refractivity contribution in [3.63, 3.8) is 0 Å². The van der Waals surface area contributed by atoms with Crippen molar-refractivity contribution in [2.45, 2.75) is 39.0 Å². The Balaban J connectivity index is 1.92. The average Bonchev–Trinajstić information content (AvgIpc) is 2.95. The van der Waals surface area contributed by atoms with E-state index in [4.69, 9.17) is 0 Å². The number of Topliss-reactive ketones (excluding diaryl/α,β-unsaturated/α-hetero) is 1. The summed E-state index contributed by atoms with van der Waals surface area (Å²) in [6.45, 7) is 2.16. The summed E-state index contributed by atoms with van der Waals surface area (Å²) < 4.78 is 0. The van der Waals surface area contributed by atoms with Gasteiger partial charge >= 0.3 is 0 Å². The molecule has 0 aliphatic heterocycles. The number of benzene rings is 1. The highest BCUT2D eigenvalue weighted by molar-refractivity contribution is 5.99. The number of nitrogens with one attached hydrogen (secondary N) is 1. The molecule has 102 valence electrons. The Morgan fingerprint density at radius 2 is 1.79 bits per heavy atom. The summed E-state index contributed by atoms with van der Waals surface area (Å²) in [5.74, 6) is 0.0231. The second-order valence-electron chi connectivity index (χ2n) is 5.31. The average molecular weight is 259 g/mol. The molecule has 3 nitrogen and oxygen atoms in total. The summed E-state index contributed by atoms with van der Waals surface area (Å²) in [4.78, 5) is 24.2. The van der Waals surface area contributed by atoms with Crippen LogP contribution in [-0.2, 0) is 4.79 Å². The fourth-order valence-corrected chi connectivity index (χ4v) is 2.87. The molecule has 1 N–H and O–H groups in total. The summed E-state index contributed by atoms with van der Waals surface area (Å²) >= 11 is 0. The standard InChI is InChI=1S/C16H21NO2/c1-2-16(10-6-7-11-16)15(19)17-12-14(18)13-8-4-3-5-9-13/h3-5,8-9H,2,6-7,10-12H2,1H3,(H,17,19). The molecule has 0 bridgehead atoms. The normalized spacial score (nSPS) is 17.1. The van der Waals surface area contributed by atoms with Crippen molar-refractivity contribution >= 4 is 11.7 Å². The van der Waals surface area contributed by atoms with Gasteiger partial charge in [-0.15, -0.1) is 0 Å². The molecule has 1 aliphatic carbocycles. The van der Waals surface area contributed by atoms with Gasteiger partial charge in [0.05, 0.1) is 6.54 Å². The van der Waals surface area contributed by atoms with E-state index in [1.54, 1.807) is 12.1 Å². The van der Waals surface area contributed by atoms with Crippen LogP contribution in [0.25, 0.3) is 0 Å². The minimum absolute atomic E-state index is 0.0294. The Morgan fingerprint density at radius 3 is 2.37 bits per heavy atom. The minimum Gasteiger partial charge on any atom is -0.348 e. The van der Waals surface area contributed by atoms with Crippen LogP contribution in [0.4, 0.5) is 0 Å². The number of ketones is 1. The van der Waals surface area contributed by atoms with Gasteiger partial charge in [-0.05, 0) is 19.3 Å². The van der Waals surface area contributed by atoms with Gasteiger partial charge in [-0.1, -0.05) is 50.1 Å². The Bertz CT molecular complexity index is 447. The number of carbonyl (C=O) groups excluding carboxylic acids is 2. The summed E-state index contributed by atoms with van der Waals surface area (Å²) in [6.07, 6.45) is 5.00. The molecule has 0 radical (unpaired) electrons. The molecule has 1 aromatic rings. The highest BCUT2D eigenvalue weighted by Gasteiger charge is 2.39. The van der Waals surface area contributed by atoms with Crippen LogP contribution in [-0.4, -0.2) is 18.2 Å². The number of hydrogen-bond acceptors (Lipinski definition) is 2. The fraction of sp³-hybridized carbons (Fsp3) is 0.500. The molecular weight excluding hydrogens is 238 g/mol. The SMILES string of the molecule is CCC1(C(=O)NCC(=O)c2ccccc2)CCCC1. The maximum Gasteiger partial charge on any atom is 0.226 e. The number of rotatable bonds is 5. The molecule has 0 saturated heterocycles. The first-order valence-corrected chi connectivity index (χ1v) is 7.04. The summed E-state index contributed by atoms with van der Waals surface area (Å²) in [5.41, 5.74) is 0.427. The van der Waals surface area contributed by atoms with Crippen molar-refractivity contribution in [2.24, 2.45) is 5.41 Å². The van der Waals surface area contributed by atoms with Crippen molar-refractivity contribution in [3.8, 4) is 0 Å². The van der Waals surface area contributed by atoms with E-state index < -0.39 is 0 Å². The zero-order valence-corrected chi connectivity index (χ0v) is 11.4. The molecule has 0 spiro atoms. The van der Waals surface area contributed by atoms with Gasteiger partial charge in [0.2, 0.25) is 5.91 Å². The lowest BCUT2D eigenvalue weighted by molar-refractivity contribution is -0.130. The minimum atomic E-state index is -0.225. The van der Waals surface area contributed by atoms with E-state index in [-0.39, 0.29) is 23.7 Å². The van der Waals surface area contributed by atoms with Crippen LogP contribution in [0.15, 0.2) is 30.3 Å². The van der Waals surface area contributed by atoms with Gasteiger partial charge < -0.3 is 5.32 Å². The lowest BCUT2D eigenvalue weighted by atomic mass is 9.82. The molecule has 1 saturated carbocycles. The van der Waals surface area contributed by atoms with Crippen molar-refractivity contribution in [2.75, 3.05) is 6.54 Å². The van der Waals surface area contributed by atoms with Crippen molar-refractivity contribution in [1.29, 1.82) is 0 Å². The largest absolute Gasteiger partial charge is 0.348 e. The summed E-state index contributed by atoms with van der Waals surface area (Å²) in [7, 11) is 0. The van der Waals surface area contributed by atoms with Crippen LogP contribution in [0.5, 0.6) is 0 Å². The summed E-state index contributed by atoms with van der Waals surface area (Å²) in [6, 6.07) is 9.10. The molecule has 0 aromatic heterocycles. The van der Waals surface area contributed by atoms with Gasteiger partial charge in [-0.2, -0.15) is 0 Å². The van der Waals surface area contributed by atoms with E-state index in [0.717, 1.165) is 32.1 Å². The van der Waals surface area contributed by atoms with Crippen LogP contribution in [0.1, 0.15) is 49.4 Å². The highest BCUT2D eigenvalue weighted by Crippen LogP contribution is 2.40. The van der Waals surface area contributed by atoms with Gasteiger partial charge in [-0.3, -0.25) is 9.59 Å². The molecule has 0 heterocycles. The Morgan fingerprint density at radius 1 is 1.16 bits per heavy atom. The van der Waals surface area contributed by atoms with Crippen LogP contribution in [0.3, 0.4) is 0 Å². The quantitative estimate of drug-likeness (QED) is 0.826. The maximum absolute atomic E-state index is 12.3. The van der Waals surface area contributed by atoms with E-state index in [9.17, 15) is 9.59 Å². The first kappa shape index (κ1) is 13.8. The van der Waals surface area contributed by atoms with E-state index >= 15 is 0 Å². The zero-order chi connectivity index (χ0) is 13.7. The third-order valence-corrected chi connectivity index (χ3v) is 4.22. The lowest BCUT2D eigenvalue weighted by Crippen LogP contribution is -2.41. The predicted molar refractivity (Wildman–Crippen MR) is 75.0 cm³/mol. The van der Waals surface area contributed by atoms with E-state index in [1.807, 2.05) is 18.2 Å². The molecular formula is C16H21NO2. The lowest BCUT2D eigenvalue weighted by Gasteiger charge is -2.25. The first-order chi connectivity index (χ1) is 9.18. The maximum atomic E-state index is 12.3. The first-order valence-electron chi connectivity index (χ1n) is 7.04. The molecule has 1 aromatic carbocycles. The Kier molecular flexibility index (Phi) is 4.35. The molecule has 1 aliphatic rings. The third-order valence-electron chi connectivity index (χ3n) is 4.22. The number of carbonyl (C=O) groups is 2. The molecule has 0 unspecified atom stereocenters. The summed E-state index contributed by atoms with van der Waals surface area (Å²) in [5, 5.41) is 2.83. The molecule has 1 amide bonds. The smallest absolute Gasteiger partial charge is 0.226 e. The van der Waals surface area contributed by atoms with Crippen LogP contribution >= 0.6 is 0 Å². The zero-order valence-electron chi connectivity index (χ0n) is 11.4. The third kappa shape index (κ3) is 3.03. The van der Waals surface area contributed by atoms with Crippen LogP contribution in [0.2, 0.25) is 0 Å². The molecule has 1 fully saturated rings. The molecule has 2 rings (SSSR count). The van der Waals surface area contributed by atoms with Crippen molar-refractivity contribution in [3.05, 3.63) is 35.9 Å². The molecule has 19 heavy (non-hydrogen) atoms. The van der Waals surface area contributed by atoms with Gasteiger partial charge in [-0.25, -0.2) is 0 Å². The topological polar surface area (TPSA) is 46.2 Å². The fourth-order valence-electron chi connectivity index (χ4n) is 2.87. The Hall–Kier alpha value is -1.64. The monoisotopic (exact) mass is 259 g/mol. The van der Waals surface area contributed by atoms with E-state index in [2.05, 4.69) is 12.2 Å². The van der Waals surface area contributed by atoms with Gasteiger partial charge in [0.25, 0.3) is 0 Å². The molecule has 0 atom stereocenters. The van der Waals surface area contributed by atoms with Gasteiger partial charge in [0, 0.05) is 11.0 Å². The van der Waals surface area contributed by atoms with Crippen LogP contribution < -0.4 is 5.32 Å². The van der Waals surface area contributed by atoms with E-state index in [1.165, 1.54) is 0 Å². The van der Waals surface area contributed by atoms with Crippen LogP contribution in [0, 0.1) is 5.41 Å². The van der Waals surface area contributed by atoms with Gasteiger partial charge in [0.1, 0.15) is 0 Å². The Labute approximate surface area is 114 Å². The van der Waals surface area contributed by atoms with Gasteiger partial charge in [0.15, 0.2) is 5.78 Å². The highest BCUT2D eigenvalue weighted by atomic mass is 16.2. The van der Waals surface area contributed by atoms with E-state index in [0.29, 0.717) is 5.56 Å². The number of hydrogen-bond donors (Lipinski definition) is 1. The predicted octanol–water partition coefficient (Wildman–Crippen LogP) is 2.96.